The molecule has 10 nitrogen and oxygen atoms in total. The van der Waals surface area contributed by atoms with Crippen molar-refractivity contribution in [1.29, 1.82) is 0 Å². The lowest BCUT2D eigenvalue weighted by Crippen LogP contribution is -2.18. The Labute approximate surface area is 146 Å². The van der Waals surface area contributed by atoms with Gasteiger partial charge in [0.1, 0.15) is 12.5 Å². The standard InChI is InChI=1S/C14H12ClN7O3/c1-20-12(11(6-17-20)22(24)25)13(23)18-14-16-8-21(19-14)7-9-3-2-4-10(15)5-9/h2-6,8H,7H2,1H3,(H,18,19,23). The predicted octanol–water partition coefficient (Wildman–Crippen LogP) is 1.87. The smallest absolute Gasteiger partial charge is 0.288 e. The van der Waals surface area contributed by atoms with Crippen molar-refractivity contribution in [2.75, 3.05) is 5.32 Å². The highest BCUT2D eigenvalue weighted by Gasteiger charge is 2.26. The van der Waals surface area contributed by atoms with Crippen LogP contribution in [0.15, 0.2) is 36.8 Å². The molecule has 0 aliphatic rings. The normalized spacial score (nSPS) is 10.6. The Morgan fingerprint density at radius 1 is 1.44 bits per heavy atom. The highest BCUT2D eigenvalue weighted by molar-refractivity contribution is 6.30. The zero-order chi connectivity index (χ0) is 18.0. The van der Waals surface area contributed by atoms with E-state index in [1.807, 2.05) is 12.1 Å². The van der Waals surface area contributed by atoms with Crippen LogP contribution in [0.25, 0.3) is 0 Å². The molecule has 2 heterocycles. The molecule has 25 heavy (non-hydrogen) atoms. The maximum Gasteiger partial charge on any atom is 0.320 e. The Hall–Kier alpha value is -3.27. The summed E-state index contributed by atoms with van der Waals surface area (Å²) in [4.78, 5) is 26.5. The second-order valence-electron chi connectivity index (χ2n) is 5.11. The van der Waals surface area contributed by atoms with Gasteiger partial charge in [0.15, 0.2) is 0 Å². The number of anilines is 1. The minimum atomic E-state index is -0.716. The van der Waals surface area contributed by atoms with E-state index in [0.29, 0.717) is 11.6 Å². The Kier molecular flexibility index (Phi) is 4.44. The zero-order valence-corrected chi connectivity index (χ0v) is 13.7. The number of nitrogens with one attached hydrogen (secondary N) is 1. The van der Waals surface area contributed by atoms with E-state index < -0.39 is 16.5 Å². The number of carbonyl (C=O) groups excluding carboxylic acids is 1. The number of hydrogen-bond donors (Lipinski definition) is 1. The second-order valence-corrected chi connectivity index (χ2v) is 5.55. The zero-order valence-electron chi connectivity index (χ0n) is 13.0. The van der Waals surface area contributed by atoms with Gasteiger partial charge >= 0.3 is 5.69 Å². The number of halogens is 1. The van der Waals surface area contributed by atoms with Crippen LogP contribution in [-0.4, -0.2) is 35.4 Å². The molecule has 1 aromatic carbocycles. The van der Waals surface area contributed by atoms with Gasteiger partial charge < -0.3 is 0 Å². The maximum absolute atomic E-state index is 12.3. The molecule has 0 spiro atoms. The SMILES string of the molecule is Cn1ncc([N+](=O)[O-])c1C(=O)Nc1ncn(Cc2cccc(Cl)c2)n1. The van der Waals surface area contributed by atoms with Crippen LogP contribution in [0.3, 0.4) is 0 Å². The van der Waals surface area contributed by atoms with Gasteiger partial charge in [-0.05, 0) is 17.7 Å². The molecule has 0 atom stereocenters. The average Bonchev–Trinajstić information content (AvgIpc) is 3.14. The van der Waals surface area contributed by atoms with Gasteiger partial charge in [-0.1, -0.05) is 23.7 Å². The van der Waals surface area contributed by atoms with Crippen LogP contribution in [0.1, 0.15) is 16.1 Å². The molecule has 1 amide bonds. The van der Waals surface area contributed by atoms with Crippen LogP contribution in [0.4, 0.5) is 11.6 Å². The van der Waals surface area contributed by atoms with Crippen molar-refractivity contribution in [3.63, 3.8) is 0 Å². The molecule has 0 bridgehead atoms. The number of nitro groups is 1. The molecule has 3 aromatic rings. The summed E-state index contributed by atoms with van der Waals surface area (Å²) in [6, 6.07) is 7.25. The van der Waals surface area contributed by atoms with Crippen molar-refractivity contribution < 1.29 is 9.72 Å². The lowest BCUT2D eigenvalue weighted by Gasteiger charge is -2.02. The van der Waals surface area contributed by atoms with Crippen LogP contribution in [0.2, 0.25) is 5.02 Å². The van der Waals surface area contributed by atoms with Crippen molar-refractivity contribution in [1.82, 2.24) is 24.5 Å². The van der Waals surface area contributed by atoms with Crippen LogP contribution in [0.5, 0.6) is 0 Å². The molecule has 3 rings (SSSR count). The number of hydrogen-bond acceptors (Lipinski definition) is 6. The quantitative estimate of drug-likeness (QED) is 0.547. The molecular formula is C14H12ClN7O3. The molecule has 0 saturated carbocycles. The van der Waals surface area contributed by atoms with Crippen molar-refractivity contribution in [2.45, 2.75) is 6.54 Å². The maximum atomic E-state index is 12.3. The van der Waals surface area contributed by atoms with E-state index in [2.05, 4.69) is 20.5 Å². The van der Waals surface area contributed by atoms with E-state index in [1.54, 1.807) is 12.1 Å². The summed E-state index contributed by atoms with van der Waals surface area (Å²) >= 11 is 5.93. The van der Waals surface area contributed by atoms with Gasteiger partial charge in [0.05, 0.1) is 11.5 Å². The number of carbonyl (C=O) groups is 1. The highest BCUT2D eigenvalue weighted by Crippen LogP contribution is 2.18. The van der Waals surface area contributed by atoms with E-state index >= 15 is 0 Å². The third-order valence-electron chi connectivity index (χ3n) is 3.33. The van der Waals surface area contributed by atoms with Gasteiger partial charge in [-0.25, -0.2) is 9.67 Å². The summed E-state index contributed by atoms with van der Waals surface area (Å²) in [6.45, 7) is 0.412. The Morgan fingerprint density at radius 3 is 2.96 bits per heavy atom. The molecule has 0 saturated heterocycles. The van der Waals surface area contributed by atoms with Crippen LogP contribution in [-0.2, 0) is 13.6 Å². The summed E-state index contributed by atoms with van der Waals surface area (Å²) in [5.41, 5.74) is 0.340. The monoisotopic (exact) mass is 361 g/mol. The third kappa shape index (κ3) is 3.63. The van der Waals surface area contributed by atoms with Gasteiger partial charge in [0.25, 0.3) is 5.91 Å². The van der Waals surface area contributed by atoms with Crippen molar-refractivity contribution in [3.05, 3.63) is 63.2 Å². The molecule has 0 radical (unpaired) electrons. The summed E-state index contributed by atoms with van der Waals surface area (Å²) in [5, 5.41) is 21.8. The molecular weight excluding hydrogens is 350 g/mol. The minimum Gasteiger partial charge on any atom is -0.288 e. The van der Waals surface area contributed by atoms with E-state index in [9.17, 15) is 14.9 Å². The summed E-state index contributed by atoms with van der Waals surface area (Å²) < 4.78 is 2.63. The van der Waals surface area contributed by atoms with E-state index in [-0.39, 0.29) is 11.6 Å². The first-order valence-electron chi connectivity index (χ1n) is 7.05. The van der Waals surface area contributed by atoms with Gasteiger partial charge in [0.2, 0.25) is 11.6 Å². The summed E-state index contributed by atoms with van der Waals surface area (Å²) in [7, 11) is 1.44. The molecule has 2 aromatic heterocycles. The minimum absolute atomic E-state index is 0.0301. The second kappa shape index (κ2) is 6.69. The fraction of sp³-hybridized carbons (Fsp3) is 0.143. The number of benzene rings is 1. The third-order valence-corrected chi connectivity index (χ3v) is 3.56. The first kappa shape index (κ1) is 16.6. The van der Waals surface area contributed by atoms with Crippen molar-refractivity contribution in [3.8, 4) is 0 Å². The highest BCUT2D eigenvalue weighted by atomic mass is 35.5. The first-order chi connectivity index (χ1) is 11.9. The van der Waals surface area contributed by atoms with E-state index in [1.165, 1.54) is 18.1 Å². The van der Waals surface area contributed by atoms with E-state index in [0.717, 1.165) is 16.4 Å². The fourth-order valence-corrected chi connectivity index (χ4v) is 2.45. The molecule has 0 unspecified atom stereocenters. The average molecular weight is 362 g/mol. The van der Waals surface area contributed by atoms with Crippen molar-refractivity contribution >= 4 is 29.1 Å². The molecule has 0 fully saturated rings. The van der Waals surface area contributed by atoms with E-state index in [4.69, 9.17) is 11.6 Å². The number of amides is 1. The summed E-state index contributed by atoms with van der Waals surface area (Å²) in [5.74, 6) is -0.685. The lowest BCUT2D eigenvalue weighted by atomic mass is 10.2. The largest absolute Gasteiger partial charge is 0.320 e. The van der Waals surface area contributed by atoms with Crippen molar-refractivity contribution in [2.24, 2.45) is 7.05 Å². The molecule has 0 aliphatic heterocycles. The first-order valence-corrected chi connectivity index (χ1v) is 7.43. The topological polar surface area (TPSA) is 121 Å². The molecule has 1 N–H and O–H groups in total. The van der Waals surface area contributed by atoms with Gasteiger partial charge in [-0.2, -0.15) is 5.10 Å². The Bertz CT molecular complexity index is 950. The lowest BCUT2D eigenvalue weighted by molar-refractivity contribution is -0.385. The Morgan fingerprint density at radius 2 is 2.24 bits per heavy atom. The molecule has 128 valence electrons. The van der Waals surface area contributed by atoms with Crippen LogP contribution >= 0.6 is 11.6 Å². The number of aromatic nitrogens is 5. The Balaban J connectivity index is 1.74. The van der Waals surface area contributed by atoms with Gasteiger partial charge in [0, 0.05) is 12.1 Å². The fourth-order valence-electron chi connectivity index (χ4n) is 2.23. The molecule has 0 aliphatic carbocycles. The predicted molar refractivity (Wildman–Crippen MR) is 88.4 cm³/mol. The molecule has 11 heteroatoms. The van der Waals surface area contributed by atoms with Gasteiger partial charge in [-0.15, -0.1) is 5.10 Å². The van der Waals surface area contributed by atoms with Crippen LogP contribution < -0.4 is 5.32 Å². The number of aryl methyl sites for hydroxylation is 1. The summed E-state index contributed by atoms with van der Waals surface area (Å²) in [6.07, 6.45) is 2.45. The van der Waals surface area contributed by atoms with Crippen LogP contribution in [0, 0.1) is 10.1 Å². The number of nitrogens with zero attached hydrogens (tertiary/aromatic N) is 6. The number of rotatable bonds is 5. The van der Waals surface area contributed by atoms with Gasteiger partial charge in [-0.3, -0.25) is 24.9 Å².